The Bertz CT molecular complexity index is 1270. The molecule has 1 N–H and O–H groups in total. The largest absolute Gasteiger partial charge is 0.491 e. The highest BCUT2D eigenvalue weighted by Crippen LogP contribution is 2.58. The number of allylic oxidation sites excluding steroid dienone is 2. The van der Waals surface area contributed by atoms with Gasteiger partial charge in [-0.2, -0.15) is 9.80 Å². The van der Waals surface area contributed by atoms with Crippen molar-refractivity contribution in [1.29, 1.82) is 0 Å². The van der Waals surface area contributed by atoms with E-state index in [0.29, 0.717) is 26.7 Å². The third-order valence-electron chi connectivity index (χ3n) is 7.97. The van der Waals surface area contributed by atoms with E-state index in [1.807, 2.05) is 0 Å². The number of nitrogens with zero attached hydrogens (tertiary/aromatic N) is 2. The van der Waals surface area contributed by atoms with Crippen LogP contribution < -0.4 is 4.74 Å². The molecule has 0 bridgehead atoms. The number of aliphatic hydroxyl groups is 1. The second kappa shape index (κ2) is 9.67. The van der Waals surface area contributed by atoms with Gasteiger partial charge in [0.25, 0.3) is 0 Å². The number of carbonyl (C=O) groups excluding carboxylic acids is 6. The predicted molar refractivity (Wildman–Crippen MR) is 125 cm³/mol. The van der Waals surface area contributed by atoms with Crippen LogP contribution in [0.15, 0.2) is 35.9 Å². The minimum atomic E-state index is -1.10. The van der Waals surface area contributed by atoms with Crippen molar-refractivity contribution < 1.29 is 48.1 Å². The van der Waals surface area contributed by atoms with E-state index in [1.165, 1.54) is 0 Å². The zero-order chi connectivity index (χ0) is 27.3. The summed E-state index contributed by atoms with van der Waals surface area (Å²) in [6.07, 6.45) is -0.213. The van der Waals surface area contributed by atoms with Crippen LogP contribution in [0.4, 0.5) is 9.59 Å². The lowest BCUT2D eigenvalue weighted by Crippen LogP contribution is -2.43. The van der Waals surface area contributed by atoms with E-state index in [0.717, 1.165) is 14.2 Å². The van der Waals surface area contributed by atoms with Crippen LogP contribution in [0.1, 0.15) is 24.3 Å². The molecular formula is C26H26N2O10. The van der Waals surface area contributed by atoms with Crippen LogP contribution >= 0.6 is 0 Å². The number of para-hydroxylation sites is 1. The first-order chi connectivity index (χ1) is 18.3. The zero-order valence-electron chi connectivity index (χ0n) is 20.7. The quantitative estimate of drug-likeness (QED) is 0.447. The average Bonchev–Trinajstić information content (AvgIpc) is 3.33. The zero-order valence-corrected chi connectivity index (χ0v) is 20.7. The maximum atomic E-state index is 13.6. The molecule has 0 radical (unpaired) electrons. The molecular weight excluding hydrogens is 500 g/mol. The van der Waals surface area contributed by atoms with Crippen LogP contribution in [-0.4, -0.2) is 78.2 Å². The Morgan fingerprint density at radius 3 is 2.11 bits per heavy atom. The molecule has 0 aromatic heterocycles. The summed E-state index contributed by atoms with van der Waals surface area (Å²) >= 11 is 0. The number of hydrogen-bond donors (Lipinski definition) is 1. The van der Waals surface area contributed by atoms with E-state index >= 15 is 0 Å². The van der Waals surface area contributed by atoms with Crippen molar-refractivity contribution in [1.82, 2.24) is 9.80 Å². The van der Waals surface area contributed by atoms with Gasteiger partial charge in [0, 0.05) is 11.5 Å². The second-order valence-electron chi connectivity index (χ2n) is 9.60. The molecule has 5 rings (SSSR count). The van der Waals surface area contributed by atoms with E-state index in [-0.39, 0.29) is 26.1 Å². The van der Waals surface area contributed by atoms with Crippen molar-refractivity contribution in [3.8, 4) is 5.75 Å². The average molecular weight is 526 g/mol. The van der Waals surface area contributed by atoms with Crippen molar-refractivity contribution in [2.24, 2.45) is 29.6 Å². The van der Waals surface area contributed by atoms with Crippen molar-refractivity contribution in [2.45, 2.75) is 18.8 Å². The van der Waals surface area contributed by atoms with Crippen molar-refractivity contribution in [3.63, 3.8) is 0 Å². The molecule has 2 saturated heterocycles. The van der Waals surface area contributed by atoms with E-state index < -0.39 is 71.3 Å². The topological polar surface area (TPSA) is 157 Å². The highest BCUT2D eigenvalue weighted by atomic mass is 16.5. The number of ether oxygens (including phenoxy) is 3. The highest BCUT2D eigenvalue weighted by Gasteiger charge is 2.64. The van der Waals surface area contributed by atoms with Gasteiger partial charge in [0.05, 0.1) is 44.5 Å². The maximum absolute atomic E-state index is 13.6. The molecule has 12 nitrogen and oxygen atoms in total. The lowest BCUT2D eigenvalue weighted by atomic mass is 9.57. The van der Waals surface area contributed by atoms with Crippen LogP contribution in [0.5, 0.6) is 5.75 Å². The van der Waals surface area contributed by atoms with E-state index in [9.17, 15) is 33.9 Å². The molecule has 6 unspecified atom stereocenters. The second-order valence-corrected chi connectivity index (χ2v) is 9.60. The standard InChI is InChI=1S/C26H26N2O10/c1-36-25(34)27-21(30)14-8-7-12-15(19(14)23(27)32)11-16-20(24(33)28(22(16)31)26(35)37-2)18(12)13-5-3-4-6-17(13)38-10-9-29/h3-7,14-16,18-20,29H,8-11H2,1-2H3. The Balaban J connectivity index is 1.65. The summed E-state index contributed by atoms with van der Waals surface area (Å²) in [4.78, 5) is 79.0. The molecule has 2 heterocycles. The minimum Gasteiger partial charge on any atom is -0.491 e. The fraction of sp³-hybridized carbons (Fsp3) is 0.462. The number of benzene rings is 1. The van der Waals surface area contributed by atoms with Crippen LogP contribution in [0.25, 0.3) is 0 Å². The Hall–Kier alpha value is -4.06. The Labute approximate surface area is 217 Å². The normalized spacial score (nSPS) is 29.9. The molecule has 38 heavy (non-hydrogen) atoms. The van der Waals surface area contributed by atoms with Gasteiger partial charge >= 0.3 is 12.2 Å². The summed E-state index contributed by atoms with van der Waals surface area (Å²) in [7, 11) is 2.14. The molecule has 2 aliphatic heterocycles. The lowest BCUT2D eigenvalue weighted by molar-refractivity contribution is -0.139. The maximum Gasteiger partial charge on any atom is 0.423 e. The van der Waals surface area contributed by atoms with Crippen molar-refractivity contribution in [2.75, 3.05) is 27.4 Å². The smallest absolute Gasteiger partial charge is 0.423 e. The Morgan fingerprint density at radius 2 is 1.47 bits per heavy atom. The summed E-state index contributed by atoms with van der Waals surface area (Å²) in [6.45, 7) is -0.277. The van der Waals surface area contributed by atoms with Gasteiger partial charge in [0.1, 0.15) is 12.4 Å². The van der Waals surface area contributed by atoms with Gasteiger partial charge in [-0.3, -0.25) is 19.2 Å². The molecule has 4 aliphatic rings. The first kappa shape index (κ1) is 25.6. The number of rotatable bonds is 4. The van der Waals surface area contributed by atoms with Crippen LogP contribution in [0.3, 0.4) is 0 Å². The SMILES string of the molecule is COC(=O)N1C(=O)C2CC=C3C(CC4C(=O)N(C(=O)OC)C(=O)C4C3c3ccccc3OCCO)C2C1=O. The molecule has 200 valence electrons. The molecule has 12 heteroatoms. The lowest BCUT2D eigenvalue weighted by Gasteiger charge is -2.44. The number of likely N-dealkylation sites (tertiary alicyclic amines) is 2. The van der Waals surface area contributed by atoms with Crippen LogP contribution in [-0.2, 0) is 28.7 Å². The van der Waals surface area contributed by atoms with Gasteiger partial charge in [-0.15, -0.1) is 0 Å². The molecule has 2 aliphatic carbocycles. The number of imide groups is 6. The number of amides is 6. The first-order valence-electron chi connectivity index (χ1n) is 12.2. The Morgan fingerprint density at radius 1 is 0.868 bits per heavy atom. The van der Waals surface area contributed by atoms with Gasteiger partial charge in [0.2, 0.25) is 23.6 Å². The molecule has 1 aromatic carbocycles. The predicted octanol–water partition coefficient (Wildman–Crippen LogP) is 1.23. The van der Waals surface area contributed by atoms with Crippen LogP contribution in [0.2, 0.25) is 0 Å². The highest BCUT2D eigenvalue weighted by molar-refractivity contribution is 6.17. The van der Waals surface area contributed by atoms with Gasteiger partial charge in [0.15, 0.2) is 0 Å². The minimum absolute atomic E-state index is 0.0206. The number of carbonyl (C=O) groups is 6. The molecule has 6 amide bonds. The van der Waals surface area contributed by atoms with Crippen LogP contribution in [0, 0.1) is 29.6 Å². The van der Waals surface area contributed by atoms with Crippen molar-refractivity contribution in [3.05, 3.63) is 41.5 Å². The summed E-state index contributed by atoms with van der Waals surface area (Å²) < 4.78 is 15.1. The summed E-state index contributed by atoms with van der Waals surface area (Å²) in [5.74, 6) is -7.63. The van der Waals surface area contributed by atoms with Gasteiger partial charge in [-0.25, -0.2) is 9.59 Å². The number of fused-ring (bicyclic) bond motifs is 4. The van der Waals surface area contributed by atoms with E-state index in [4.69, 9.17) is 9.47 Å². The van der Waals surface area contributed by atoms with Gasteiger partial charge in [-0.05, 0) is 24.8 Å². The Kier molecular flexibility index (Phi) is 6.51. The summed E-state index contributed by atoms with van der Waals surface area (Å²) in [5.41, 5.74) is 1.20. The number of aliphatic hydroxyl groups excluding tert-OH is 1. The monoisotopic (exact) mass is 526 g/mol. The number of methoxy groups -OCH3 is 2. The summed E-state index contributed by atoms with van der Waals surface area (Å²) in [5, 5.41) is 9.31. The summed E-state index contributed by atoms with van der Waals surface area (Å²) in [6, 6.07) is 6.84. The van der Waals surface area contributed by atoms with Gasteiger partial charge in [-0.1, -0.05) is 29.8 Å². The fourth-order valence-electron chi connectivity index (χ4n) is 6.50. The molecule has 1 saturated carbocycles. The third kappa shape index (κ3) is 3.62. The first-order valence-corrected chi connectivity index (χ1v) is 12.2. The van der Waals surface area contributed by atoms with E-state index in [2.05, 4.69) is 4.74 Å². The van der Waals surface area contributed by atoms with E-state index in [1.54, 1.807) is 30.3 Å². The molecule has 0 spiro atoms. The van der Waals surface area contributed by atoms with Gasteiger partial charge < -0.3 is 19.3 Å². The van der Waals surface area contributed by atoms with Crippen molar-refractivity contribution >= 4 is 35.8 Å². The number of hydrogen-bond acceptors (Lipinski definition) is 10. The third-order valence-corrected chi connectivity index (χ3v) is 7.97. The molecule has 6 atom stereocenters. The molecule has 1 aromatic rings. The fourth-order valence-corrected chi connectivity index (χ4v) is 6.50. The molecule has 3 fully saturated rings.